The SMILES string of the molecule is CC(C)c1ccc2c(c1)CCC1C(C)(C(N)=O)CCCC21C.COc1cccc(-c2cc(=O)c3ccc(OC)cc3o2)c1. The lowest BCUT2D eigenvalue weighted by molar-refractivity contribution is -0.135. The molecule has 2 aliphatic rings. The Hall–Kier alpha value is -4.06. The van der Waals surface area contributed by atoms with Crippen LogP contribution in [-0.2, 0) is 16.6 Å². The Morgan fingerprint density at radius 3 is 2.40 bits per heavy atom. The smallest absolute Gasteiger partial charge is 0.223 e. The Morgan fingerprint density at radius 2 is 1.70 bits per heavy atom. The molecule has 1 fully saturated rings. The molecule has 1 amide bonds. The summed E-state index contributed by atoms with van der Waals surface area (Å²) in [7, 11) is 3.17. The van der Waals surface area contributed by atoms with Gasteiger partial charge in [0.2, 0.25) is 5.91 Å². The third-order valence-electron chi connectivity index (χ3n) is 9.90. The molecule has 6 heteroatoms. The predicted molar refractivity (Wildman–Crippen MR) is 172 cm³/mol. The van der Waals surface area contributed by atoms with Gasteiger partial charge >= 0.3 is 0 Å². The maximum absolute atomic E-state index is 12.2. The van der Waals surface area contributed by atoms with Crippen molar-refractivity contribution < 1.29 is 18.7 Å². The minimum Gasteiger partial charge on any atom is -0.497 e. The molecular formula is C37H43NO5. The third kappa shape index (κ3) is 5.67. The molecule has 226 valence electrons. The first-order valence-electron chi connectivity index (χ1n) is 15.2. The average molecular weight is 582 g/mol. The fourth-order valence-corrected chi connectivity index (χ4v) is 7.35. The largest absolute Gasteiger partial charge is 0.497 e. The van der Waals surface area contributed by atoms with E-state index in [-0.39, 0.29) is 22.2 Å². The first-order valence-corrected chi connectivity index (χ1v) is 15.2. The summed E-state index contributed by atoms with van der Waals surface area (Å²) in [4.78, 5) is 24.3. The molecule has 6 rings (SSSR count). The number of ether oxygens (including phenoxy) is 2. The van der Waals surface area contributed by atoms with Crippen molar-refractivity contribution >= 4 is 16.9 Å². The minimum absolute atomic E-state index is 0.0864. The molecule has 43 heavy (non-hydrogen) atoms. The molecule has 0 aliphatic heterocycles. The summed E-state index contributed by atoms with van der Waals surface area (Å²) in [5, 5.41) is 0.530. The Bertz CT molecular complexity index is 1710. The standard InChI is InChI=1S/C20H29NO.C17H14O4/c1-13(2)14-6-8-16-15(12-14)7-9-17-19(16,3)10-5-11-20(17,4)18(21)22;1-19-12-5-3-4-11(8-12)16-10-15(18)14-7-6-13(20-2)9-17(14)21-16/h6,8,12-13,17H,5,7,9-11H2,1-4H3,(H2,21,22);3-10H,1-2H3. The average Bonchev–Trinajstić information content (AvgIpc) is 3.00. The molecule has 2 N–H and O–H groups in total. The van der Waals surface area contributed by atoms with Gasteiger partial charge in [-0.2, -0.15) is 0 Å². The van der Waals surface area contributed by atoms with Crippen LogP contribution in [0.5, 0.6) is 11.5 Å². The topological polar surface area (TPSA) is 91.8 Å². The van der Waals surface area contributed by atoms with Gasteiger partial charge in [0.25, 0.3) is 0 Å². The number of hydrogen-bond acceptors (Lipinski definition) is 5. The van der Waals surface area contributed by atoms with Crippen LogP contribution in [0, 0.1) is 11.3 Å². The van der Waals surface area contributed by atoms with Crippen LogP contribution in [0.1, 0.15) is 76.0 Å². The first kappa shape index (κ1) is 30.4. The zero-order valence-corrected chi connectivity index (χ0v) is 26.2. The zero-order chi connectivity index (χ0) is 30.9. The van der Waals surface area contributed by atoms with E-state index in [0.29, 0.717) is 40.1 Å². The molecule has 1 aromatic heterocycles. The van der Waals surface area contributed by atoms with E-state index in [1.807, 2.05) is 24.3 Å². The normalized spacial score (nSPS) is 22.6. The van der Waals surface area contributed by atoms with Crippen molar-refractivity contribution in [3.63, 3.8) is 0 Å². The van der Waals surface area contributed by atoms with Gasteiger partial charge in [0, 0.05) is 23.1 Å². The predicted octanol–water partition coefficient (Wildman–Crippen LogP) is 7.78. The summed E-state index contributed by atoms with van der Waals surface area (Å²) < 4.78 is 16.2. The van der Waals surface area contributed by atoms with Crippen LogP contribution in [0.15, 0.2) is 75.9 Å². The number of aryl methyl sites for hydroxylation is 1. The number of carbonyl (C=O) groups is 1. The molecule has 0 saturated heterocycles. The van der Waals surface area contributed by atoms with Crippen LogP contribution < -0.4 is 20.6 Å². The van der Waals surface area contributed by atoms with Crippen molar-refractivity contribution in [1.29, 1.82) is 0 Å². The Labute approximate surface area is 254 Å². The van der Waals surface area contributed by atoms with Gasteiger partial charge in [-0.25, -0.2) is 0 Å². The van der Waals surface area contributed by atoms with E-state index in [0.717, 1.165) is 31.2 Å². The Balaban J connectivity index is 0.000000171. The van der Waals surface area contributed by atoms with Crippen LogP contribution in [0.25, 0.3) is 22.3 Å². The zero-order valence-electron chi connectivity index (χ0n) is 26.2. The van der Waals surface area contributed by atoms with Crippen molar-refractivity contribution in [3.05, 3.63) is 93.6 Å². The lowest BCUT2D eigenvalue weighted by atomic mass is 9.49. The highest BCUT2D eigenvalue weighted by Gasteiger charge is 2.54. The number of carbonyl (C=O) groups excluding carboxylic acids is 1. The van der Waals surface area contributed by atoms with Crippen molar-refractivity contribution in [3.8, 4) is 22.8 Å². The van der Waals surface area contributed by atoms with E-state index in [9.17, 15) is 9.59 Å². The van der Waals surface area contributed by atoms with E-state index in [2.05, 4.69) is 45.9 Å². The van der Waals surface area contributed by atoms with Crippen molar-refractivity contribution in [2.24, 2.45) is 17.1 Å². The van der Waals surface area contributed by atoms with Crippen LogP contribution in [0.4, 0.5) is 0 Å². The number of primary amides is 1. The molecule has 0 spiro atoms. The fraction of sp³-hybridized carbons (Fsp3) is 0.405. The van der Waals surface area contributed by atoms with Gasteiger partial charge in [0.1, 0.15) is 22.8 Å². The third-order valence-corrected chi connectivity index (χ3v) is 9.90. The quantitative estimate of drug-likeness (QED) is 0.260. The minimum atomic E-state index is -0.346. The number of fused-ring (bicyclic) bond motifs is 4. The summed E-state index contributed by atoms with van der Waals surface area (Å²) in [6.45, 7) is 8.97. The number of hydrogen-bond donors (Lipinski definition) is 1. The summed E-state index contributed by atoms with van der Waals surface area (Å²) in [5.41, 5.74) is 11.2. The van der Waals surface area contributed by atoms with E-state index < -0.39 is 0 Å². The molecule has 0 radical (unpaired) electrons. The maximum Gasteiger partial charge on any atom is 0.223 e. The van der Waals surface area contributed by atoms with Gasteiger partial charge in [-0.3, -0.25) is 9.59 Å². The van der Waals surface area contributed by atoms with Crippen LogP contribution in [0.2, 0.25) is 0 Å². The van der Waals surface area contributed by atoms with Gasteiger partial charge in [0.05, 0.1) is 19.6 Å². The molecule has 4 aromatic rings. The molecule has 2 aliphatic carbocycles. The van der Waals surface area contributed by atoms with Gasteiger partial charge in [-0.05, 0) is 83.9 Å². The van der Waals surface area contributed by atoms with Crippen LogP contribution in [0.3, 0.4) is 0 Å². The second-order valence-corrected chi connectivity index (χ2v) is 12.8. The van der Waals surface area contributed by atoms with Crippen LogP contribution >= 0.6 is 0 Å². The summed E-state index contributed by atoms with van der Waals surface area (Å²) in [5.74, 6) is 2.70. The molecule has 3 aromatic carbocycles. The molecule has 3 atom stereocenters. The van der Waals surface area contributed by atoms with Crippen LogP contribution in [-0.4, -0.2) is 20.1 Å². The van der Waals surface area contributed by atoms with Gasteiger partial charge < -0.3 is 19.6 Å². The van der Waals surface area contributed by atoms with Gasteiger partial charge in [-0.1, -0.05) is 64.4 Å². The number of benzene rings is 3. The molecule has 1 saturated carbocycles. The fourth-order valence-electron chi connectivity index (χ4n) is 7.35. The Kier molecular flexibility index (Phi) is 8.42. The van der Waals surface area contributed by atoms with E-state index in [1.54, 1.807) is 32.4 Å². The lowest BCUT2D eigenvalue weighted by Gasteiger charge is -2.54. The van der Waals surface area contributed by atoms with Crippen molar-refractivity contribution in [1.82, 2.24) is 0 Å². The van der Waals surface area contributed by atoms with E-state index in [4.69, 9.17) is 19.6 Å². The first-order chi connectivity index (χ1) is 20.5. The number of nitrogens with two attached hydrogens (primary N) is 1. The van der Waals surface area contributed by atoms with Gasteiger partial charge in [0.15, 0.2) is 5.43 Å². The Morgan fingerprint density at radius 1 is 0.953 bits per heavy atom. The number of rotatable bonds is 5. The number of methoxy groups -OCH3 is 2. The van der Waals surface area contributed by atoms with Crippen molar-refractivity contribution in [2.45, 2.75) is 71.1 Å². The lowest BCUT2D eigenvalue weighted by Crippen LogP contribution is -2.54. The monoisotopic (exact) mass is 581 g/mol. The molecule has 1 heterocycles. The van der Waals surface area contributed by atoms with Gasteiger partial charge in [-0.15, -0.1) is 0 Å². The molecule has 0 bridgehead atoms. The molecular weight excluding hydrogens is 538 g/mol. The summed E-state index contributed by atoms with van der Waals surface area (Å²) >= 11 is 0. The molecule has 3 unspecified atom stereocenters. The van der Waals surface area contributed by atoms with E-state index >= 15 is 0 Å². The highest BCUT2D eigenvalue weighted by atomic mass is 16.5. The molecule has 6 nitrogen and oxygen atoms in total. The maximum atomic E-state index is 12.2. The summed E-state index contributed by atoms with van der Waals surface area (Å²) in [6.07, 6.45) is 5.39. The number of amides is 1. The highest BCUT2D eigenvalue weighted by molar-refractivity contribution is 5.81. The highest BCUT2D eigenvalue weighted by Crippen LogP contribution is 2.57. The second-order valence-electron chi connectivity index (χ2n) is 12.8. The van der Waals surface area contributed by atoms with Crippen molar-refractivity contribution in [2.75, 3.05) is 14.2 Å². The summed E-state index contributed by atoms with van der Waals surface area (Å²) in [6, 6.07) is 21.0. The van der Waals surface area contributed by atoms with E-state index in [1.165, 1.54) is 29.2 Å². The second kappa shape index (κ2) is 11.9.